The van der Waals surface area contributed by atoms with E-state index < -0.39 is 11.7 Å². The quantitative estimate of drug-likeness (QED) is 0.674. The second-order valence-electron chi connectivity index (χ2n) is 8.48. The zero-order valence-electron chi connectivity index (χ0n) is 17.6. The second-order valence-corrected chi connectivity index (χ2v) is 8.48. The molecule has 2 aromatic rings. The summed E-state index contributed by atoms with van der Waals surface area (Å²) in [6, 6.07) is 12.2. The average molecular weight is 445 g/mol. The maximum absolute atomic E-state index is 12.9. The second kappa shape index (κ2) is 9.32. The molecule has 0 radical (unpaired) electrons. The largest absolute Gasteiger partial charge is 0.416 e. The summed E-state index contributed by atoms with van der Waals surface area (Å²) in [5, 5.41) is 5.77. The molecule has 1 saturated carbocycles. The molecule has 2 aliphatic rings. The third-order valence-electron chi connectivity index (χ3n) is 5.90. The molecule has 8 heteroatoms. The molecule has 2 amide bonds. The molecule has 0 bridgehead atoms. The standard InChI is InChI=1S/C24H26F3N3O2/c25-24(26,27)18-9-7-16(8-10-18)21-6-1-2-13-30(21)15-22(31)28-20-5-3-4-17(14-20)23(32)29-19-11-12-19/h3-5,7-10,14,19,21H,1-2,6,11-13,15H2,(H,28,31)(H,29,32). The minimum Gasteiger partial charge on any atom is -0.349 e. The molecular formula is C24H26F3N3O2. The SMILES string of the molecule is O=C(CN1CCCCC1c1ccc(C(F)(F)F)cc1)Nc1cccc(C(=O)NC2CC2)c1. The van der Waals surface area contributed by atoms with E-state index in [2.05, 4.69) is 10.6 Å². The lowest BCUT2D eigenvalue weighted by molar-refractivity contribution is -0.137. The molecule has 0 spiro atoms. The smallest absolute Gasteiger partial charge is 0.349 e. The Morgan fingerprint density at radius 3 is 2.44 bits per heavy atom. The highest BCUT2D eigenvalue weighted by Crippen LogP contribution is 2.34. The molecule has 32 heavy (non-hydrogen) atoms. The molecule has 1 aliphatic carbocycles. The van der Waals surface area contributed by atoms with Crippen LogP contribution in [0.3, 0.4) is 0 Å². The molecule has 1 unspecified atom stereocenters. The Bertz CT molecular complexity index is 971. The van der Waals surface area contributed by atoms with E-state index in [-0.39, 0.29) is 30.4 Å². The Kier molecular flexibility index (Phi) is 6.50. The first-order valence-corrected chi connectivity index (χ1v) is 10.9. The van der Waals surface area contributed by atoms with E-state index in [1.807, 2.05) is 4.90 Å². The van der Waals surface area contributed by atoms with Gasteiger partial charge in [-0.2, -0.15) is 13.2 Å². The predicted octanol–water partition coefficient (Wildman–Crippen LogP) is 4.76. The van der Waals surface area contributed by atoms with Crippen molar-refractivity contribution in [3.63, 3.8) is 0 Å². The van der Waals surface area contributed by atoms with Crippen molar-refractivity contribution in [2.45, 2.75) is 50.4 Å². The van der Waals surface area contributed by atoms with Crippen LogP contribution >= 0.6 is 0 Å². The van der Waals surface area contributed by atoms with E-state index in [1.54, 1.807) is 24.3 Å². The van der Waals surface area contributed by atoms with Gasteiger partial charge in [0.25, 0.3) is 5.91 Å². The van der Waals surface area contributed by atoms with Gasteiger partial charge < -0.3 is 10.6 Å². The normalized spacial score (nSPS) is 19.4. The number of amides is 2. The monoisotopic (exact) mass is 445 g/mol. The van der Waals surface area contributed by atoms with Crippen LogP contribution in [0, 0.1) is 0 Å². The number of nitrogens with zero attached hydrogens (tertiary/aromatic N) is 1. The van der Waals surface area contributed by atoms with Crippen LogP contribution in [0.2, 0.25) is 0 Å². The summed E-state index contributed by atoms with van der Waals surface area (Å²) in [6.45, 7) is 0.827. The molecule has 2 N–H and O–H groups in total. The number of rotatable bonds is 6. The van der Waals surface area contributed by atoms with E-state index in [9.17, 15) is 22.8 Å². The van der Waals surface area contributed by atoms with Crippen molar-refractivity contribution in [1.29, 1.82) is 0 Å². The van der Waals surface area contributed by atoms with Gasteiger partial charge in [-0.25, -0.2) is 0 Å². The Hall–Kier alpha value is -2.87. The highest BCUT2D eigenvalue weighted by molar-refractivity contribution is 5.97. The van der Waals surface area contributed by atoms with Crippen LogP contribution in [0.5, 0.6) is 0 Å². The van der Waals surface area contributed by atoms with Crippen LogP contribution < -0.4 is 10.6 Å². The number of hydrogen-bond acceptors (Lipinski definition) is 3. The van der Waals surface area contributed by atoms with Crippen LogP contribution in [-0.2, 0) is 11.0 Å². The molecule has 2 aromatic carbocycles. The number of hydrogen-bond donors (Lipinski definition) is 2. The summed E-state index contributed by atoms with van der Waals surface area (Å²) < 4.78 is 38.6. The van der Waals surface area contributed by atoms with Crippen LogP contribution in [0.25, 0.3) is 0 Å². The van der Waals surface area contributed by atoms with Gasteiger partial charge in [0.1, 0.15) is 0 Å². The lowest BCUT2D eigenvalue weighted by atomic mass is 9.94. The number of alkyl halides is 3. The van der Waals surface area contributed by atoms with E-state index in [4.69, 9.17) is 0 Å². The number of likely N-dealkylation sites (tertiary alicyclic amines) is 1. The predicted molar refractivity (Wildman–Crippen MR) is 115 cm³/mol. The van der Waals surface area contributed by atoms with Crippen molar-refractivity contribution in [2.24, 2.45) is 0 Å². The molecule has 1 heterocycles. The number of benzene rings is 2. The first-order chi connectivity index (χ1) is 15.3. The minimum absolute atomic E-state index is 0.104. The van der Waals surface area contributed by atoms with Gasteiger partial charge in [-0.15, -0.1) is 0 Å². The van der Waals surface area contributed by atoms with E-state index >= 15 is 0 Å². The fourth-order valence-electron chi connectivity index (χ4n) is 4.07. The zero-order valence-corrected chi connectivity index (χ0v) is 17.6. The molecule has 0 aromatic heterocycles. The van der Waals surface area contributed by atoms with E-state index in [0.29, 0.717) is 17.8 Å². The van der Waals surface area contributed by atoms with Crippen LogP contribution in [0.1, 0.15) is 59.6 Å². The van der Waals surface area contributed by atoms with Gasteiger partial charge in [-0.05, 0) is 68.1 Å². The first-order valence-electron chi connectivity index (χ1n) is 10.9. The van der Waals surface area contributed by atoms with Crippen LogP contribution in [-0.4, -0.2) is 35.8 Å². The lowest BCUT2D eigenvalue weighted by Crippen LogP contribution is -2.39. The van der Waals surface area contributed by atoms with Crippen LogP contribution in [0.15, 0.2) is 48.5 Å². The van der Waals surface area contributed by atoms with Gasteiger partial charge in [0, 0.05) is 23.3 Å². The van der Waals surface area contributed by atoms with E-state index in [0.717, 1.165) is 49.8 Å². The van der Waals surface area contributed by atoms with Crippen molar-refractivity contribution in [1.82, 2.24) is 10.2 Å². The number of carbonyl (C=O) groups is 2. The van der Waals surface area contributed by atoms with Gasteiger partial charge in [0.2, 0.25) is 5.91 Å². The maximum atomic E-state index is 12.9. The average Bonchev–Trinajstić information content (AvgIpc) is 3.58. The Morgan fingerprint density at radius 1 is 1.00 bits per heavy atom. The minimum atomic E-state index is -4.37. The Labute approximate surface area is 185 Å². The van der Waals surface area contributed by atoms with Crippen molar-refractivity contribution in [3.05, 3.63) is 65.2 Å². The lowest BCUT2D eigenvalue weighted by Gasteiger charge is -2.35. The summed E-state index contributed by atoms with van der Waals surface area (Å²) in [5.74, 6) is -0.370. The summed E-state index contributed by atoms with van der Waals surface area (Å²) in [7, 11) is 0. The van der Waals surface area contributed by atoms with Gasteiger partial charge >= 0.3 is 6.18 Å². The number of anilines is 1. The molecule has 2 fully saturated rings. The zero-order chi connectivity index (χ0) is 22.7. The number of piperidine rings is 1. The summed E-state index contributed by atoms with van der Waals surface area (Å²) in [4.78, 5) is 26.9. The fraction of sp³-hybridized carbons (Fsp3) is 0.417. The maximum Gasteiger partial charge on any atom is 0.416 e. The summed E-state index contributed by atoms with van der Waals surface area (Å²) in [6.07, 6.45) is 0.309. The first kappa shape index (κ1) is 22.3. The van der Waals surface area contributed by atoms with Crippen LogP contribution in [0.4, 0.5) is 18.9 Å². The molecule has 170 valence electrons. The van der Waals surface area contributed by atoms with Crippen molar-refractivity contribution >= 4 is 17.5 Å². The van der Waals surface area contributed by atoms with E-state index in [1.165, 1.54) is 12.1 Å². The molecule has 4 rings (SSSR count). The van der Waals surface area contributed by atoms with Crippen molar-refractivity contribution in [3.8, 4) is 0 Å². The topological polar surface area (TPSA) is 61.4 Å². The van der Waals surface area contributed by atoms with Crippen molar-refractivity contribution in [2.75, 3.05) is 18.4 Å². The highest BCUT2D eigenvalue weighted by Gasteiger charge is 2.31. The third-order valence-corrected chi connectivity index (χ3v) is 5.90. The summed E-state index contributed by atoms with van der Waals surface area (Å²) in [5.41, 5.74) is 1.15. The Balaban J connectivity index is 1.39. The van der Waals surface area contributed by atoms with Gasteiger partial charge in [0.15, 0.2) is 0 Å². The van der Waals surface area contributed by atoms with Crippen molar-refractivity contribution < 1.29 is 22.8 Å². The molecular weight excluding hydrogens is 419 g/mol. The highest BCUT2D eigenvalue weighted by atomic mass is 19.4. The number of halogens is 3. The molecule has 5 nitrogen and oxygen atoms in total. The third kappa shape index (κ3) is 5.68. The van der Waals surface area contributed by atoms with Gasteiger partial charge in [-0.1, -0.05) is 24.6 Å². The molecule has 1 saturated heterocycles. The Morgan fingerprint density at radius 2 is 1.75 bits per heavy atom. The number of carbonyl (C=O) groups excluding carboxylic acids is 2. The number of nitrogens with one attached hydrogen (secondary N) is 2. The van der Waals surface area contributed by atoms with Gasteiger partial charge in [-0.3, -0.25) is 14.5 Å². The summed E-state index contributed by atoms with van der Waals surface area (Å²) >= 11 is 0. The molecule has 1 atom stereocenters. The molecule has 1 aliphatic heterocycles. The van der Waals surface area contributed by atoms with Gasteiger partial charge in [0.05, 0.1) is 12.1 Å². The fourth-order valence-corrected chi connectivity index (χ4v) is 4.07.